The summed E-state index contributed by atoms with van der Waals surface area (Å²) in [7, 11) is 0. The van der Waals surface area contributed by atoms with Crippen molar-refractivity contribution in [3.8, 4) is 0 Å². The molecule has 0 spiro atoms. The highest BCUT2D eigenvalue weighted by Crippen LogP contribution is 2.16. The largest absolute Gasteiger partial charge is 0.389 e. The Morgan fingerprint density at radius 3 is 2.53 bits per heavy atom. The molecule has 96 valence electrons. The third kappa shape index (κ3) is 4.79. The summed E-state index contributed by atoms with van der Waals surface area (Å²) < 4.78 is 26.1. The first-order valence-electron chi connectivity index (χ1n) is 5.70. The molecule has 0 heterocycles. The van der Waals surface area contributed by atoms with E-state index in [9.17, 15) is 13.9 Å². The fraction of sp³-hybridized carbons (Fsp3) is 0.538. The highest BCUT2D eigenvalue weighted by molar-refractivity contribution is 5.20. The molecule has 0 saturated heterocycles. The van der Waals surface area contributed by atoms with E-state index >= 15 is 0 Å². The van der Waals surface area contributed by atoms with E-state index in [0.717, 1.165) is 6.07 Å². The van der Waals surface area contributed by atoms with Crippen LogP contribution < -0.4 is 5.32 Å². The van der Waals surface area contributed by atoms with Gasteiger partial charge in [0, 0.05) is 25.1 Å². The van der Waals surface area contributed by atoms with Crippen LogP contribution in [0.4, 0.5) is 8.78 Å². The van der Waals surface area contributed by atoms with Crippen LogP contribution in [0.3, 0.4) is 0 Å². The SMILES string of the molecule is CC(C)NCC(C)(O)Cc1ccc(F)cc1F. The molecule has 0 aliphatic rings. The summed E-state index contributed by atoms with van der Waals surface area (Å²) in [6.07, 6.45) is 0.152. The van der Waals surface area contributed by atoms with E-state index in [-0.39, 0.29) is 12.5 Å². The van der Waals surface area contributed by atoms with Crippen LogP contribution in [-0.2, 0) is 6.42 Å². The van der Waals surface area contributed by atoms with Gasteiger partial charge in [-0.25, -0.2) is 8.78 Å². The first-order chi connectivity index (χ1) is 7.80. The standard InChI is InChI=1S/C13H19F2NO/c1-9(2)16-8-13(3,17)7-10-4-5-11(14)6-12(10)15/h4-6,9,16-17H,7-8H2,1-3H3. The summed E-state index contributed by atoms with van der Waals surface area (Å²) in [5, 5.41) is 13.2. The van der Waals surface area contributed by atoms with E-state index in [1.54, 1.807) is 6.92 Å². The van der Waals surface area contributed by atoms with Crippen molar-refractivity contribution < 1.29 is 13.9 Å². The smallest absolute Gasteiger partial charge is 0.129 e. The van der Waals surface area contributed by atoms with Crippen molar-refractivity contribution in [1.29, 1.82) is 0 Å². The van der Waals surface area contributed by atoms with Crippen molar-refractivity contribution in [3.63, 3.8) is 0 Å². The van der Waals surface area contributed by atoms with Crippen molar-refractivity contribution in [2.45, 2.75) is 38.8 Å². The fourth-order valence-electron chi connectivity index (χ4n) is 1.56. The molecule has 0 aliphatic carbocycles. The number of nitrogens with one attached hydrogen (secondary N) is 1. The van der Waals surface area contributed by atoms with Gasteiger partial charge in [0.25, 0.3) is 0 Å². The predicted octanol–water partition coefficient (Wildman–Crippen LogP) is 2.26. The summed E-state index contributed by atoms with van der Waals surface area (Å²) in [6.45, 7) is 5.93. The van der Waals surface area contributed by atoms with Crippen LogP contribution in [0.5, 0.6) is 0 Å². The van der Waals surface area contributed by atoms with Gasteiger partial charge in [-0.05, 0) is 18.6 Å². The zero-order valence-electron chi connectivity index (χ0n) is 10.4. The second kappa shape index (κ2) is 5.56. The topological polar surface area (TPSA) is 32.3 Å². The third-order valence-electron chi connectivity index (χ3n) is 2.48. The van der Waals surface area contributed by atoms with Gasteiger partial charge < -0.3 is 10.4 Å². The molecule has 0 amide bonds. The van der Waals surface area contributed by atoms with Crippen LogP contribution in [0.1, 0.15) is 26.3 Å². The quantitative estimate of drug-likeness (QED) is 0.831. The molecule has 1 aromatic carbocycles. The van der Waals surface area contributed by atoms with Gasteiger partial charge in [-0.3, -0.25) is 0 Å². The van der Waals surface area contributed by atoms with Crippen LogP contribution in [-0.4, -0.2) is 23.3 Å². The maximum absolute atomic E-state index is 13.4. The maximum Gasteiger partial charge on any atom is 0.129 e. The number of rotatable bonds is 5. The maximum atomic E-state index is 13.4. The van der Waals surface area contributed by atoms with Crippen LogP contribution in [0.2, 0.25) is 0 Å². The Morgan fingerprint density at radius 2 is 2.00 bits per heavy atom. The van der Waals surface area contributed by atoms with Crippen molar-refractivity contribution in [1.82, 2.24) is 5.32 Å². The minimum atomic E-state index is -1.05. The number of halogens is 2. The number of hydrogen-bond acceptors (Lipinski definition) is 2. The van der Waals surface area contributed by atoms with Crippen molar-refractivity contribution in [2.75, 3.05) is 6.54 Å². The number of hydrogen-bond donors (Lipinski definition) is 2. The second-order valence-corrected chi connectivity index (χ2v) is 4.95. The zero-order valence-corrected chi connectivity index (χ0v) is 10.4. The highest BCUT2D eigenvalue weighted by Gasteiger charge is 2.22. The molecule has 17 heavy (non-hydrogen) atoms. The minimum Gasteiger partial charge on any atom is -0.389 e. The van der Waals surface area contributed by atoms with E-state index in [4.69, 9.17) is 0 Å². The molecule has 1 atom stereocenters. The van der Waals surface area contributed by atoms with Crippen molar-refractivity contribution in [3.05, 3.63) is 35.4 Å². The third-order valence-corrected chi connectivity index (χ3v) is 2.48. The monoisotopic (exact) mass is 243 g/mol. The number of aliphatic hydroxyl groups is 1. The number of benzene rings is 1. The summed E-state index contributed by atoms with van der Waals surface area (Å²) in [5.41, 5.74) is -0.731. The lowest BCUT2D eigenvalue weighted by Gasteiger charge is -2.25. The van der Waals surface area contributed by atoms with Crippen molar-refractivity contribution in [2.24, 2.45) is 0 Å². The fourth-order valence-corrected chi connectivity index (χ4v) is 1.56. The minimum absolute atomic E-state index is 0.152. The van der Waals surface area contributed by atoms with Gasteiger partial charge in [-0.2, -0.15) is 0 Å². The van der Waals surface area contributed by atoms with E-state index in [0.29, 0.717) is 12.1 Å². The lowest BCUT2D eigenvalue weighted by molar-refractivity contribution is 0.0572. The molecule has 4 heteroatoms. The van der Waals surface area contributed by atoms with E-state index in [1.807, 2.05) is 13.8 Å². The summed E-state index contributed by atoms with van der Waals surface area (Å²) in [4.78, 5) is 0. The Labute approximate surface area is 101 Å². The van der Waals surface area contributed by atoms with Gasteiger partial charge in [0.05, 0.1) is 5.60 Å². The van der Waals surface area contributed by atoms with Gasteiger partial charge in [0.2, 0.25) is 0 Å². The average molecular weight is 243 g/mol. The molecule has 0 fully saturated rings. The van der Waals surface area contributed by atoms with Crippen molar-refractivity contribution >= 4 is 0 Å². The lowest BCUT2D eigenvalue weighted by atomic mass is 9.96. The van der Waals surface area contributed by atoms with Crippen LogP contribution >= 0.6 is 0 Å². The summed E-state index contributed by atoms with van der Waals surface area (Å²) >= 11 is 0. The Morgan fingerprint density at radius 1 is 1.35 bits per heavy atom. The van der Waals surface area contributed by atoms with Crippen LogP contribution in [0.25, 0.3) is 0 Å². The van der Waals surface area contributed by atoms with Gasteiger partial charge in [0.1, 0.15) is 11.6 Å². The van der Waals surface area contributed by atoms with Gasteiger partial charge in [-0.15, -0.1) is 0 Å². The Hall–Kier alpha value is -1.00. The van der Waals surface area contributed by atoms with E-state index in [1.165, 1.54) is 12.1 Å². The molecule has 0 aliphatic heterocycles. The van der Waals surface area contributed by atoms with Gasteiger partial charge in [0.15, 0.2) is 0 Å². The molecule has 1 rings (SSSR count). The summed E-state index contributed by atoms with van der Waals surface area (Å²) in [6, 6.07) is 3.65. The van der Waals surface area contributed by atoms with Gasteiger partial charge >= 0.3 is 0 Å². The molecule has 0 bridgehead atoms. The van der Waals surface area contributed by atoms with Gasteiger partial charge in [-0.1, -0.05) is 19.9 Å². The molecular formula is C13H19F2NO. The van der Waals surface area contributed by atoms with E-state index < -0.39 is 17.2 Å². The molecule has 1 aromatic rings. The molecule has 0 saturated carbocycles. The normalized spacial score (nSPS) is 15.0. The Kier molecular flexibility index (Phi) is 4.60. The average Bonchev–Trinajstić information content (AvgIpc) is 2.20. The second-order valence-electron chi connectivity index (χ2n) is 4.95. The molecule has 0 radical (unpaired) electrons. The first-order valence-corrected chi connectivity index (χ1v) is 5.70. The molecule has 2 N–H and O–H groups in total. The molecule has 2 nitrogen and oxygen atoms in total. The Bertz CT molecular complexity index is 378. The summed E-state index contributed by atoms with van der Waals surface area (Å²) in [5.74, 6) is -1.22. The first kappa shape index (κ1) is 14.1. The molecule has 0 aromatic heterocycles. The van der Waals surface area contributed by atoms with E-state index in [2.05, 4.69) is 5.32 Å². The highest BCUT2D eigenvalue weighted by atomic mass is 19.1. The van der Waals surface area contributed by atoms with Crippen LogP contribution in [0, 0.1) is 11.6 Å². The zero-order chi connectivity index (χ0) is 13.1. The van der Waals surface area contributed by atoms with Crippen LogP contribution in [0.15, 0.2) is 18.2 Å². The molecule has 1 unspecified atom stereocenters. The molecular weight excluding hydrogens is 224 g/mol. The lowest BCUT2D eigenvalue weighted by Crippen LogP contribution is -2.42. The predicted molar refractivity (Wildman–Crippen MR) is 63.8 cm³/mol. The Balaban J connectivity index is 2.68.